The summed E-state index contributed by atoms with van der Waals surface area (Å²) in [5, 5.41) is 3.03. The third-order valence-electron chi connectivity index (χ3n) is 4.27. The van der Waals surface area contributed by atoms with Gasteiger partial charge in [0.2, 0.25) is 5.91 Å². The van der Waals surface area contributed by atoms with Crippen molar-refractivity contribution in [3.8, 4) is 0 Å². The molecule has 2 fully saturated rings. The highest BCUT2D eigenvalue weighted by Crippen LogP contribution is 2.55. The molecule has 1 amide bonds. The van der Waals surface area contributed by atoms with Crippen LogP contribution in [0.2, 0.25) is 0 Å². The van der Waals surface area contributed by atoms with Crippen molar-refractivity contribution in [2.45, 2.75) is 32.6 Å². The lowest BCUT2D eigenvalue weighted by Gasteiger charge is -2.07. The zero-order valence-electron chi connectivity index (χ0n) is 10.4. The highest BCUT2D eigenvalue weighted by molar-refractivity contribution is 9.10. The molecule has 0 bridgehead atoms. The molecule has 3 nitrogen and oxygen atoms in total. The molecular weight excluding hydrogens is 292 g/mol. The van der Waals surface area contributed by atoms with Crippen LogP contribution in [0.3, 0.4) is 0 Å². The molecular formula is C14H17BrN2O. The first-order valence-corrected chi connectivity index (χ1v) is 7.40. The van der Waals surface area contributed by atoms with Crippen LogP contribution in [0.25, 0.3) is 0 Å². The number of aryl methyl sites for hydroxylation is 1. The average Bonchev–Trinajstić information content (AvgIpc) is 3.07. The number of rotatable bonds is 2. The molecule has 18 heavy (non-hydrogen) atoms. The summed E-state index contributed by atoms with van der Waals surface area (Å²) in [7, 11) is 0. The van der Waals surface area contributed by atoms with Crippen LogP contribution in [0.4, 0.5) is 5.69 Å². The summed E-state index contributed by atoms with van der Waals surface area (Å²) in [5.74, 6) is 1.76. The van der Waals surface area contributed by atoms with Gasteiger partial charge < -0.3 is 5.32 Å². The molecule has 1 aromatic heterocycles. The average molecular weight is 309 g/mol. The Labute approximate surface area is 116 Å². The minimum atomic E-state index is 0.194. The van der Waals surface area contributed by atoms with E-state index in [0.29, 0.717) is 11.8 Å². The van der Waals surface area contributed by atoms with E-state index >= 15 is 0 Å². The number of carbonyl (C=O) groups excluding carboxylic acids is 1. The van der Waals surface area contributed by atoms with Gasteiger partial charge >= 0.3 is 0 Å². The number of amides is 1. The van der Waals surface area contributed by atoms with Gasteiger partial charge in [-0.25, -0.2) is 4.98 Å². The maximum atomic E-state index is 12.2. The number of halogens is 1. The Hall–Kier alpha value is -0.900. The molecule has 1 N–H and O–H groups in total. The molecule has 0 radical (unpaired) electrons. The summed E-state index contributed by atoms with van der Waals surface area (Å²) in [6.45, 7) is 1.92. The molecule has 0 spiro atoms. The van der Waals surface area contributed by atoms with Crippen molar-refractivity contribution in [3.05, 3.63) is 22.4 Å². The maximum Gasteiger partial charge on any atom is 0.228 e. The molecule has 2 unspecified atom stereocenters. The van der Waals surface area contributed by atoms with Crippen molar-refractivity contribution in [1.29, 1.82) is 0 Å². The van der Waals surface area contributed by atoms with Gasteiger partial charge in [-0.05, 0) is 59.7 Å². The highest BCUT2D eigenvalue weighted by Gasteiger charge is 2.54. The predicted molar refractivity (Wildman–Crippen MR) is 74.2 cm³/mol. The van der Waals surface area contributed by atoms with Crippen LogP contribution in [-0.2, 0) is 4.79 Å². The van der Waals surface area contributed by atoms with Crippen LogP contribution in [0.1, 0.15) is 31.4 Å². The molecule has 0 aromatic carbocycles. The van der Waals surface area contributed by atoms with Gasteiger partial charge in [0, 0.05) is 5.92 Å². The number of carbonyl (C=O) groups is 1. The summed E-state index contributed by atoms with van der Waals surface area (Å²) < 4.78 is 0.804. The number of aromatic nitrogens is 1. The van der Waals surface area contributed by atoms with E-state index in [1.807, 2.05) is 19.1 Å². The van der Waals surface area contributed by atoms with Gasteiger partial charge in [0.25, 0.3) is 0 Å². The van der Waals surface area contributed by atoms with Crippen molar-refractivity contribution in [2.24, 2.45) is 17.8 Å². The van der Waals surface area contributed by atoms with Crippen molar-refractivity contribution >= 4 is 27.5 Å². The van der Waals surface area contributed by atoms with E-state index in [4.69, 9.17) is 0 Å². The van der Waals surface area contributed by atoms with Gasteiger partial charge in [0.1, 0.15) is 4.60 Å². The topological polar surface area (TPSA) is 42.0 Å². The summed E-state index contributed by atoms with van der Waals surface area (Å²) in [6.07, 6.45) is 5.06. The van der Waals surface area contributed by atoms with Crippen molar-refractivity contribution in [2.75, 3.05) is 5.32 Å². The smallest absolute Gasteiger partial charge is 0.228 e. The van der Waals surface area contributed by atoms with Gasteiger partial charge in [-0.15, -0.1) is 0 Å². The van der Waals surface area contributed by atoms with Crippen LogP contribution in [-0.4, -0.2) is 10.9 Å². The number of anilines is 1. The van der Waals surface area contributed by atoms with Crippen LogP contribution < -0.4 is 5.32 Å². The summed E-state index contributed by atoms with van der Waals surface area (Å²) in [5.41, 5.74) is 1.70. The number of fused-ring (bicyclic) bond motifs is 1. The molecule has 96 valence electrons. The van der Waals surface area contributed by atoms with Gasteiger partial charge in [-0.3, -0.25) is 4.79 Å². The standard InChI is InChI=1S/C14H17BrN2O/c1-8-11(6-7-12(15)16-8)17-14(18)13-9-4-2-3-5-10(9)13/h6-7,9-10,13H,2-5H2,1H3,(H,17,18). The predicted octanol–water partition coefficient (Wildman–Crippen LogP) is 3.53. The van der Waals surface area contributed by atoms with E-state index in [0.717, 1.165) is 16.0 Å². The first kappa shape index (κ1) is 12.2. The minimum absolute atomic E-state index is 0.194. The van der Waals surface area contributed by atoms with E-state index in [1.165, 1.54) is 25.7 Å². The zero-order chi connectivity index (χ0) is 12.7. The second kappa shape index (κ2) is 4.65. The lowest BCUT2D eigenvalue weighted by molar-refractivity contribution is -0.117. The molecule has 2 aliphatic rings. The third kappa shape index (κ3) is 2.18. The van der Waals surface area contributed by atoms with E-state index in [1.54, 1.807) is 0 Å². The number of pyridine rings is 1. The van der Waals surface area contributed by atoms with E-state index < -0.39 is 0 Å². The number of hydrogen-bond donors (Lipinski definition) is 1. The molecule has 2 saturated carbocycles. The molecule has 2 aliphatic carbocycles. The fraction of sp³-hybridized carbons (Fsp3) is 0.571. The molecule has 2 atom stereocenters. The Kier molecular flexibility index (Phi) is 3.14. The number of nitrogens with zero attached hydrogens (tertiary/aromatic N) is 1. The summed E-state index contributed by atoms with van der Waals surface area (Å²) in [4.78, 5) is 16.5. The molecule has 0 saturated heterocycles. The van der Waals surface area contributed by atoms with Gasteiger partial charge in [-0.1, -0.05) is 12.8 Å². The number of nitrogens with one attached hydrogen (secondary N) is 1. The lowest BCUT2D eigenvalue weighted by atomic mass is 10.0. The van der Waals surface area contributed by atoms with Crippen molar-refractivity contribution in [3.63, 3.8) is 0 Å². The largest absolute Gasteiger partial charge is 0.324 e. The first-order chi connectivity index (χ1) is 8.66. The fourth-order valence-electron chi connectivity index (χ4n) is 3.26. The summed E-state index contributed by atoms with van der Waals surface area (Å²) >= 11 is 3.33. The summed E-state index contributed by atoms with van der Waals surface area (Å²) in [6, 6.07) is 3.78. The van der Waals surface area contributed by atoms with Crippen LogP contribution >= 0.6 is 15.9 Å². The minimum Gasteiger partial charge on any atom is -0.324 e. The Morgan fingerprint density at radius 3 is 2.61 bits per heavy atom. The first-order valence-electron chi connectivity index (χ1n) is 6.61. The molecule has 0 aliphatic heterocycles. The van der Waals surface area contributed by atoms with E-state index in [9.17, 15) is 4.79 Å². The molecule has 1 aromatic rings. The third-order valence-corrected chi connectivity index (χ3v) is 4.71. The highest BCUT2D eigenvalue weighted by atomic mass is 79.9. The fourth-order valence-corrected chi connectivity index (χ4v) is 3.66. The lowest BCUT2D eigenvalue weighted by Crippen LogP contribution is -2.16. The van der Waals surface area contributed by atoms with E-state index in [-0.39, 0.29) is 11.8 Å². The van der Waals surface area contributed by atoms with Crippen LogP contribution in [0, 0.1) is 24.7 Å². The Morgan fingerprint density at radius 1 is 1.33 bits per heavy atom. The normalized spacial score (nSPS) is 29.6. The van der Waals surface area contributed by atoms with Gasteiger partial charge in [0.05, 0.1) is 11.4 Å². The van der Waals surface area contributed by atoms with Gasteiger partial charge in [-0.2, -0.15) is 0 Å². The monoisotopic (exact) mass is 308 g/mol. The van der Waals surface area contributed by atoms with Crippen LogP contribution in [0.5, 0.6) is 0 Å². The Bertz CT molecular complexity index is 477. The van der Waals surface area contributed by atoms with Gasteiger partial charge in [0.15, 0.2) is 0 Å². The SMILES string of the molecule is Cc1nc(Br)ccc1NC(=O)C1C2CCCCC21. The second-order valence-corrected chi connectivity index (χ2v) is 6.21. The molecule has 4 heteroatoms. The Balaban J connectivity index is 1.68. The second-order valence-electron chi connectivity index (χ2n) is 5.39. The zero-order valence-corrected chi connectivity index (χ0v) is 12.0. The van der Waals surface area contributed by atoms with Crippen molar-refractivity contribution < 1.29 is 4.79 Å². The number of hydrogen-bond acceptors (Lipinski definition) is 2. The van der Waals surface area contributed by atoms with Crippen molar-refractivity contribution in [1.82, 2.24) is 4.98 Å². The maximum absolute atomic E-state index is 12.2. The molecule has 3 rings (SSSR count). The Morgan fingerprint density at radius 2 is 2.00 bits per heavy atom. The molecule has 1 heterocycles. The van der Waals surface area contributed by atoms with Crippen LogP contribution in [0.15, 0.2) is 16.7 Å². The van der Waals surface area contributed by atoms with E-state index in [2.05, 4.69) is 26.2 Å². The quantitative estimate of drug-likeness (QED) is 0.849.